The molecule has 1 aliphatic heterocycles. The molecule has 7 heteroatoms. The van der Waals surface area contributed by atoms with Gasteiger partial charge in [-0.25, -0.2) is 4.79 Å². The number of aryl methyl sites for hydroxylation is 2. The number of amides is 2. The number of carbonyl (C=O) groups is 3. The first kappa shape index (κ1) is 25.5. The van der Waals surface area contributed by atoms with E-state index in [1.54, 1.807) is 18.2 Å². The maximum atomic E-state index is 13.1. The summed E-state index contributed by atoms with van der Waals surface area (Å²) in [6.07, 6.45) is 3.61. The second-order valence-electron chi connectivity index (χ2n) is 8.89. The SMILES string of the molecule is CCCCOC(=O)c1ccc(-n2c(C)cc(/C=C3\SC(=O)N(Cc4ccccc4C)C3=O)c2C)cc1. The lowest BCUT2D eigenvalue weighted by Crippen LogP contribution is -2.27. The highest BCUT2D eigenvalue weighted by atomic mass is 32.2. The normalized spacial score (nSPS) is 14.7. The molecule has 36 heavy (non-hydrogen) atoms. The molecular weight excluding hydrogens is 472 g/mol. The van der Waals surface area contributed by atoms with Crippen LogP contribution in [0, 0.1) is 20.8 Å². The van der Waals surface area contributed by atoms with E-state index in [2.05, 4.69) is 11.5 Å². The van der Waals surface area contributed by atoms with Gasteiger partial charge < -0.3 is 9.30 Å². The van der Waals surface area contributed by atoms with Crippen molar-refractivity contribution in [1.29, 1.82) is 0 Å². The minimum absolute atomic E-state index is 0.260. The summed E-state index contributed by atoms with van der Waals surface area (Å²) in [5.74, 6) is -0.595. The van der Waals surface area contributed by atoms with Crippen LogP contribution in [0.25, 0.3) is 11.8 Å². The molecule has 0 bridgehead atoms. The van der Waals surface area contributed by atoms with Crippen molar-refractivity contribution in [3.8, 4) is 5.69 Å². The Morgan fingerprint density at radius 2 is 1.75 bits per heavy atom. The summed E-state index contributed by atoms with van der Waals surface area (Å²) in [5, 5.41) is -0.260. The van der Waals surface area contributed by atoms with Gasteiger partial charge in [0.05, 0.1) is 23.6 Å². The van der Waals surface area contributed by atoms with E-state index in [9.17, 15) is 14.4 Å². The average molecular weight is 503 g/mol. The van der Waals surface area contributed by atoms with Gasteiger partial charge in [-0.1, -0.05) is 37.6 Å². The summed E-state index contributed by atoms with van der Waals surface area (Å²) >= 11 is 0.972. The van der Waals surface area contributed by atoms with E-state index in [0.717, 1.165) is 58.4 Å². The van der Waals surface area contributed by atoms with Gasteiger partial charge in [-0.15, -0.1) is 0 Å². The van der Waals surface area contributed by atoms with E-state index in [4.69, 9.17) is 4.74 Å². The number of imide groups is 1. The molecule has 0 atom stereocenters. The second-order valence-corrected chi connectivity index (χ2v) is 9.89. The summed E-state index contributed by atoms with van der Waals surface area (Å²) in [6, 6.07) is 17.1. The molecular formula is C29H30N2O4S. The fraction of sp³-hybridized carbons (Fsp3) is 0.276. The number of carbonyl (C=O) groups excluding carboxylic acids is 3. The maximum absolute atomic E-state index is 13.1. The first-order chi connectivity index (χ1) is 17.3. The Morgan fingerprint density at radius 1 is 1.03 bits per heavy atom. The van der Waals surface area contributed by atoms with Crippen LogP contribution in [0.5, 0.6) is 0 Å². The summed E-state index contributed by atoms with van der Waals surface area (Å²) in [5.41, 5.74) is 6.22. The summed E-state index contributed by atoms with van der Waals surface area (Å²) in [4.78, 5) is 39.6. The first-order valence-corrected chi connectivity index (χ1v) is 12.9. The van der Waals surface area contributed by atoms with Crippen molar-refractivity contribution in [3.05, 3.63) is 93.1 Å². The van der Waals surface area contributed by atoms with E-state index in [1.807, 2.05) is 63.2 Å². The van der Waals surface area contributed by atoms with E-state index in [1.165, 1.54) is 4.90 Å². The molecule has 186 valence electrons. The molecule has 0 unspecified atom stereocenters. The molecule has 1 saturated heterocycles. The fourth-order valence-electron chi connectivity index (χ4n) is 4.21. The molecule has 1 aliphatic rings. The standard InChI is InChI=1S/C29H30N2O4S/c1-5-6-15-35-28(33)22-11-13-25(14-12-22)31-20(3)16-24(21(31)4)17-26-27(32)30(29(34)36-26)18-23-10-8-7-9-19(23)2/h7-14,16-17H,5-6,15,18H2,1-4H3/b26-17-. The maximum Gasteiger partial charge on any atom is 0.338 e. The zero-order valence-electron chi connectivity index (χ0n) is 21.0. The Labute approximate surface area is 215 Å². The van der Waals surface area contributed by atoms with E-state index >= 15 is 0 Å². The molecule has 2 amide bonds. The molecule has 0 saturated carbocycles. The van der Waals surface area contributed by atoms with Gasteiger partial charge in [0.1, 0.15) is 0 Å². The van der Waals surface area contributed by atoms with Crippen molar-refractivity contribution in [2.24, 2.45) is 0 Å². The first-order valence-electron chi connectivity index (χ1n) is 12.1. The molecule has 0 radical (unpaired) electrons. The number of hydrogen-bond acceptors (Lipinski definition) is 5. The lowest BCUT2D eigenvalue weighted by molar-refractivity contribution is -0.123. The van der Waals surface area contributed by atoms with E-state index < -0.39 is 0 Å². The minimum Gasteiger partial charge on any atom is -0.462 e. The lowest BCUT2D eigenvalue weighted by Gasteiger charge is -2.14. The lowest BCUT2D eigenvalue weighted by atomic mass is 10.1. The number of unbranched alkanes of at least 4 members (excludes halogenated alkanes) is 1. The number of benzene rings is 2. The molecule has 2 aromatic carbocycles. The molecule has 4 rings (SSSR count). The van der Waals surface area contributed by atoms with Gasteiger partial charge in [-0.3, -0.25) is 14.5 Å². The van der Waals surface area contributed by atoms with Crippen LogP contribution in [0.3, 0.4) is 0 Å². The van der Waals surface area contributed by atoms with Gasteiger partial charge in [0.2, 0.25) is 0 Å². The molecule has 3 aromatic rings. The molecule has 0 spiro atoms. The topological polar surface area (TPSA) is 68.6 Å². The van der Waals surface area contributed by atoms with Crippen LogP contribution in [-0.2, 0) is 16.1 Å². The number of hydrogen-bond donors (Lipinski definition) is 0. The third-order valence-corrected chi connectivity index (χ3v) is 7.22. The Balaban J connectivity index is 1.54. The quantitative estimate of drug-likeness (QED) is 0.197. The van der Waals surface area contributed by atoms with Crippen LogP contribution in [0.4, 0.5) is 4.79 Å². The van der Waals surface area contributed by atoms with Crippen molar-refractivity contribution in [3.63, 3.8) is 0 Å². The largest absolute Gasteiger partial charge is 0.462 e. The van der Waals surface area contributed by atoms with Gasteiger partial charge >= 0.3 is 5.97 Å². The molecule has 6 nitrogen and oxygen atoms in total. The van der Waals surface area contributed by atoms with Gasteiger partial charge in [-0.2, -0.15) is 0 Å². The second kappa shape index (κ2) is 11.0. The number of esters is 1. The van der Waals surface area contributed by atoms with Crippen LogP contribution in [0.1, 0.15) is 58.2 Å². The van der Waals surface area contributed by atoms with Crippen LogP contribution in [0.15, 0.2) is 59.5 Å². The zero-order chi connectivity index (χ0) is 25.8. The summed E-state index contributed by atoms with van der Waals surface area (Å²) in [7, 11) is 0. The molecule has 1 aromatic heterocycles. The van der Waals surface area contributed by atoms with Crippen molar-refractivity contribution >= 4 is 35.0 Å². The Kier molecular flexibility index (Phi) is 7.79. The minimum atomic E-state index is -0.321. The highest BCUT2D eigenvalue weighted by Crippen LogP contribution is 2.35. The molecule has 2 heterocycles. The van der Waals surface area contributed by atoms with E-state index in [-0.39, 0.29) is 23.7 Å². The van der Waals surface area contributed by atoms with Gasteiger partial charge in [-0.05, 0) is 92.1 Å². The molecule has 0 N–H and O–H groups in total. The molecule has 1 fully saturated rings. The number of aromatic nitrogens is 1. The summed E-state index contributed by atoms with van der Waals surface area (Å²) in [6.45, 7) is 8.67. The van der Waals surface area contributed by atoms with Crippen LogP contribution in [0.2, 0.25) is 0 Å². The van der Waals surface area contributed by atoms with Crippen LogP contribution >= 0.6 is 11.8 Å². The average Bonchev–Trinajstić information content (AvgIpc) is 3.29. The van der Waals surface area contributed by atoms with Crippen molar-refractivity contribution < 1.29 is 19.1 Å². The fourth-order valence-corrected chi connectivity index (χ4v) is 5.03. The van der Waals surface area contributed by atoms with Crippen LogP contribution < -0.4 is 0 Å². The smallest absolute Gasteiger partial charge is 0.338 e. The monoisotopic (exact) mass is 502 g/mol. The van der Waals surface area contributed by atoms with Gasteiger partial charge in [0, 0.05) is 17.1 Å². The highest BCUT2D eigenvalue weighted by Gasteiger charge is 2.35. The Morgan fingerprint density at radius 3 is 2.44 bits per heavy atom. The zero-order valence-corrected chi connectivity index (χ0v) is 21.9. The Bertz CT molecular complexity index is 1340. The van der Waals surface area contributed by atoms with Crippen molar-refractivity contribution in [1.82, 2.24) is 9.47 Å². The number of rotatable bonds is 8. The van der Waals surface area contributed by atoms with E-state index in [0.29, 0.717) is 17.1 Å². The van der Waals surface area contributed by atoms with Crippen LogP contribution in [-0.4, -0.2) is 33.2 Å². The third kappa shape index (κ3) is 5.31. The number of nitrogens with zero attached hydrogens (tertiary/aromatic N) is 2. The predicted molar refractivity (Wildman–Crippen MR) is 143 cm³/mol. The van der Waals surface area contributed by atoms with Crippen molar-refractivity contribution in [2.45, 2.75) is 47.1 Å². The van der Waals surface area contributed by atoms with Gasteiger partial charge in [0.25, 0.3) is 11.1 Å². The molecule has 0 aliphatic carbocycles. The predicted octanol–water partition coefficient (Wildman–Crippen LogP) is 6.60. The van der Waals surface area contributed by atoms with Gasteiger partial charge in [0.15, 0.2) is 0 Å². The number of thioether (sulfide) groups is 1. The summed E-state index contributed by atoms with van der Waals surface area (Å²) < 4.78 is 7.36. The Hall–Kier alpha value is -3.58. The third-order valence-electron chi connectivity index (χ3n) is 6.31. The number of ether oxygens (including phenoxy) is 1. The highest BCUT2D eigenvalue weighted by molar-refractivity contribution is 8.18. The van der Waals surface area contributed by atoms with Crippen molar-refractivity contribution in [2.75, 3.05) is 6.61 Å².